The number of aromatic carboxylic acids is 1. The second kappa shape index (κ2) is 3.81. The SMILES string of the molecule is Cc1cc(C)cc(-c2cn[nH]c2C(=O)O)c1. The molecule has 16 heavy (non-hydrogen) atoms. The summed E-state index contributed by atoms with van der Waals surface area (Å²) < 4.78 is 0. The Morgan fingerprint density at radius 1 is 1.25 bits per heavy atom. The average molecular weight is 216 g/mol. The van der Waals surface area contributed by atoms with Crippen molar-refractivity contribution in [2.75, 3.05) is 0 Å². The Hall–Kier alpha value is -2.10. The molecule has 0 fully saturated rings. The van der Waals surface area contributed by atoms with E-state index in [0.29, 0.717) is 5.56 Å². The van der Waals surface area contributed by atoms with Crippen LogP contribution in [0, 0.1) is 13.8 Å². The summed E-state index contributed by atoms with van der Waals surface area (Å²) in [7, 11) is 0. The number of aryl methyl sites for hydroxylation is 2. The highest BCUT2D eigenvalue weighted by atomic mass is 16.4. The second-order valence-corrected chi connectivity index (χ2v) is 3.84. The maximum Gasteiger partial charge on any atom is 0.354 e. The van der Waals surface area contributed by atoms with Crippen molar-refractivity contribution in [1.29, 1.82) is 0 Å². The Kier molecular flexibility index (Phi) is 2.48. The molecule has 4 nitrogen and oxygen atoms in total. The standard InChI is InChI=1S/C12H12N2O2/c1-7-3-8(2)5-9(4-7)10-6-13-14-11(10)12(15)16/h3-6H,1-2H3,(H,13,14)(H,15,16). The zero-order valence-electron chi connectivity index (χ0n) is 9.11. The lowest BCUT2D eigenvalue weighted by atomic mass is 10.0. The largest absolute Gasteiger partial charge is 0.477 e. The highest BCUT2D eigenvalue weighted by Gasteiger charge is 2.14. The minimum absolute atomic E-state index is 0.130. The van der Waals surface area contributed by atoms with Gasteiger partial charge in [0.1, 0.15) is 0 Å². The molecule has 0 aliphatic heterocycles. The fraction of sp³-hybridized carbons (Fsp3) is 0.167. The van der Waals surface area contributed by atoms with Crippen LogP contribution in [0.4, 0.5) is 0 Å². The Morgan fingerprint density at radius 3 is 2.44 bits per heavy atom. The molecule has 0 saturated heterocycles. The molecule has 82 valence electrons. The second-order valence-electron chi connectivity index (χ2n) is 3.84. The number of nitrogens with zero attached hydrogens (tertiary/aromatic N) is 1. The zero-order chi connectivity index (χ0) is 11.7. The van der Waals surface area contributed by atoms with E-state index in [1.807, 2.05) is 32.0 Å². The predicted molar refractivity (Wildman–Crippen MR) is 60.5 cm³/mol. The summed E-state index contributed by atoms with van der Waals surface area (Å²) in [6.45, 7) is 3.97. The number of carboxylic acid groups (broad SMARTS) is 1. The number of nitrogens with one attached hydrogen (secondary N) is 1. The summed E-state index contributed by atoms with van der Waals surface area (Å²) in [4.78, 5) is 11.0. The van der Waals surface area contributed by atoms with Gasteiger partial charge in [-0.15, -0.1) is 0 Å². The van der Waals surface area contributed by atoms with Crippen LogP contribution in [0.5, 0.6) is 0 Å². The zero-order valence-corrected chi connectivity index (χ0v) is 9.11. The van der Waals surface area contributed by atoms with Gasteiger partial charge in [-0.25, -0.2) is 4.79 Å². The van der Waals surface area contributed by atoms with Gasteiger partial charge in [0, 0.05) is 5.56 Å². The maximum atomic E-state index is 11.0. The molecule has 0 bridgehead atoms. The average Bonchev–Trinajstić information content (AvgIpc) is 2.63. The van der Waals surface area contributed by atoms with Crippen molar-refractivity contribution in [3.63, 3.8) is 0 Å². The molecule has 2 aromatic rings. The van der Waals surface area contributed by atoms with E-state index in [1.165, 1.54) is 6.20 Å². The fourth-order valence-corrected chi connectivity index (χ4v) is 1.80. The number of hydrogen-bond donors (Lipinski definition) is 2. The molecule has 0 aliphatic rings. The minimum Gasteiger partial charge on any atom is -0.477 e. The number of hydrogen-bond acceptors (Lipinski definition) is 2. The monoisotopic (exact) mass is 216 g/mol. The highest BCUT2D eigenvalue weighted by molar-refractivity contribution is 5.93. The molecule has 0 radical (unpaired) electrons. The van der Waals surface area contributed by atoms with Gasteiger partial charge >= 0.3 is 5.97 Å². The molecular weight excluding hydrogens is 204 g/mol. The van der Waals surface area contributed by atoms with E-state index in [4.69, 9.17) is 5.11 Å². The van der Waals surface area contributed by atoms with Gasteiger partial charge in [0.05, 0.1) is 6.20 Å². The molecule has 0 aliphatic carbocycles. The van der Waals surface area contributed by atoms with Gasteiger partial charge < -0.3 is 5.11 Å². The van der Waals surface area contributed by atoms with Gasteiger partial charge in [-0.05, 0) is 19.4 Å². The third-order valence-electron chi connectivity index (χ3n) is 2.39. The number of aromatic amines is 1. The smallest absolute Gasteiger partial charge is 0.354 e. The van der Waals surface area contributed by atoms with Crippen LogP contribution in [0.25, 0.3) is 11.1 Å². The lowest BCUT2D eigenvalue weighted by Gasteiger charge is -2.03. The first kappa shape index (κ1) is 10.4. The van der Waals surface area contributed by atoms with Crippen molar-refractivity contribution >= 4 is 5.97 Å². The highest BCUT2D eigenvalue weighted by Crippen LogP contribution is 2.24. The van der Waals surface area contributed by atoms with Crippen molar-refractivity contribution in [3.05, 3.63) is 41.2 Å². The summed E-state index contributed by atoms with van der Waals surface area (Å²) in [6.07, 6.45) is 1.54. The Bertz CT molecular complexity index is 523. The number of benzene rings is 1. The van der Waals surface area contributed by atoms with E-state index in [2.05, 4.69) is 10.2 Å². The van der Waals surface area contributed by atoms with Gasteiger partial charge in [0.25, 0.3) is 0 Å². The Balaban J connectivity index is 2.58. The lowest BCUT2D eigenvalue weighted by Crippen LogP contribution is -1.99. The topological polar surface area (TPSA) is 66.0 Å². The van der Waals surface area contributed by atoms with E-state index in [9.17, 15) is 4.79 Å². The van der Waals surface area contributed by atoms with Crippen LogP contribution in [0.3, 0.4) is 0 Å². The molecule has 4 heteroatoms. The number of carbonyl (C=O) groups is 1. The molecule has 1 aromatic heterocycles. The first-order chi connectivity index (χ1) is 7.58. The first-order valence-corrected chi connectivity index (χ1v) is 4.93. The summed E-state index contributed by atoms with van der Waals surface area (Å²) in [5.41, 5.74) is 3.84. The number of carboxylic acids is 1. The van der Waals surface area contributed by atoms with E-state index >= 15 is 0 Å². The molecule has 1 heterocycles. The molecule has 0 unspecified atom stereocenters. The number of aromatic nitrogens is 2. The van der Waals surface area contributed by atoms with Crippen molar-refractivity contribution < 1.29 is 9.90 Å². The number of H-pyrrole nitrogens is 1. The van der Waals surface area contributed by atoms with Crippen LogP contribution in [0.15, 0.2) is 24.4 Å². The first-order valence-electron chi connectivity index (χ1n) is 4.93. The predicted octanol–water partition coefficient (Wildman–Crippen LogP) is 2.39. The summed E-state index contributed by atoms with van der Waals surface area (Å²) in [5, 5.41) is 15.2. The number of rotatable bonds is 2. The molecule has 0 atom stereocenters. The Morgan fingerprint density at radius 2 is 1.88 bits per heavy atom. The molecule has 1 aromatic carbocycles. The van der Waals surface area contributed by atoms with Crippen molar-refractivity contribution in [1.82, 2.24) is 10.2 Å². The van der Waals surface area contributed by atoms with Crippen LogP contribution in [0.2, 0.25) is 0 Å². The minimum atomic E-state index is -0.994. The van der Waals surface area contributed by atoms with Gasteiger partial charge in [0.2, 0.25) is 0 Å². The molecule has 0 spiro atoms. The van der Waals surface area contributed by atoms with Crippen molar-refractivity contribution in [2.45, 2.75) is 13.8 Å². The van der Waals surface area contributed by atoms with E-state index in [0.717, 1.165) is 16.7 Å². The fourth-order valence-electron chi connectivity index (χ4n) is 1.80. The molecular formula is C12H12N2O2. The van der Waals surface area contributed by atoms with Crippen LogP contribution in [-0.2, 0) is 0 Å². The molecule has 2 rings (SSSR count). The normalized spacial score (nSPS) is 10.4. The van der Waals surface area contributed by atoms with Crippen LogP contribution in [-0.4, -0.2) is 21.3 Å². The van der Waals surface area contributed by atoms with E-state index < -0.39 is 5.97 Å². The van der Waals surface area contributed by atoms with Gasteiger partial charge in [0.15, 0.2) is 5.69 Å². The van der Waals surface area contributed by atoms with Gasteiger partial charge in [-0.2, -0.15) is 5.10 Å². The van der Waals surface area contributed by atoms with Crippen LogP contribution < -0.4 is 0 Å². The maximum absolute atomic E-state index is 11.0. The summed E-state index contributed by atoms with van der Waals surface area (Å²) >= 11 is 0. The van der Waals surface area contributed by atoms with Gasteiger partial charge in [-0.3, -0.25) is 5.10 Å². The molecule has 2 N–H and O–H groups in total. The summed E-state index contributed by atoms with van der Waals surface area (Å²) in [6, 6.07) is 5.94. The molecule has 0 saturated carbocycles. The van der Waals surface area contributed by atoms with Crippen molar-refractivity contribution in [2.24, 2.45) is 0 Å². The van der Waals surface area contributed by atoms with Crippen LogP contribution >= 0.6 is 0 Å². The van der Waals surface area contributed by atoms with Crippen LogP contribution in [0.1, 0.15) is 21.6 Å². The summed E-state index contributed by atoms with van der Waals surface area (Å²) in [5.74, 6) is -0.994. The van der Waals surface area contributed by atoms with E-state index in [1.54, 1.807) is 0 Å². The third kappa shape index (κ3) is 1.82. The lowest BCUT2D eigenvalue weighted by molar-refractivity contribution is 0.0691. The van der Waals surface area contributed by atoms with Gasteiger partial charge in [-0.1, -0.05) is 29.3 Å². The van der Waals surface area contributed by atoms with E-state index in [-0.39, 0.29) is 5.69 Å². The molecule has 0 amide bonds. The quantitative estimate of drug-likeness (QED) is 0.810. The van der Waals surface area contributed by atoms with Crippen molar-refractivity contribution in [3.8, 4) is 11.1 Å². The Labute approximate surface area is 92.9 Å². The third-order valence-corrected chi connectivity index (χ3v) is 2.39.